The number of furan rings is 1. The highest BCUT2D eigenvalue weighted by molar-refractivity contribution is 7.85. The monoisotopic (exact) mass is 284 g/mol. The smallest absolute Gasteiger partial charge is 0.138 e. The Bertz CT molecular complexity index is 801. The standard InChI is InChI=1S/C17H16O2S/c1-11-9-12(2)16-15(10-11)17(13(3)19-16)20(18)14-7-5-4-6-8-14/h4-10H,1-3H3/t20-/m0/s1. The van der Waals surface area contributed by atoms with E-state index in [1.54, 1.807) is 0 Å². The van der Waals surface area contributed by atoms with Crippen LogP contribution in [0.3, 0.4) is 0 Å². The topological polar surface area (TPSA) is 30.2 Å². The van der Waals surface area contributed by atoms with Crippen LogP contribution in [0.5, 0.6) is 0 Å². The Morgan fingerprint density at radius 3 is 2.40 bits per heavy atom. The van der Waals surface area contributed by atoms with Gasteiger partial charge >= 0.3 is 0 Å². The fourth-order valence-corrected chi connectivity index (χ4v) is 3.83. The lowest BCUT2D eigenvalue weighted by Crippen LogP contribution is -1.93. The summed E-state index contributed by atoms with van der Waals surface area (Å²) in [6.45, 7) is 5.95. The van der Waals surface area contributed by atoms with Crippen LogP contribution in [0.4, 0.5) is 0 Å². The average Bonchev–Trinajstić information content (AvgIpc) is 2.76. The van der Waals surface area contributed by atoms with Crippen molar-refractivity contribution in [1.29, 1.82) is 0 Å². The van der Waals surface area contributed by atoms with Crippen molar-refractivity contribution in [3.63, 3.8) is 0 Å². The lowest BCUT2D eigenvalue weighted by molar-refractivity contribution is 0.564. The van der Waals surface area contributed by atoms with Gasteiger partial charge in [-0.3, -0.25) is 0 Å². The number of benzene rings is 2. The van der Waals surface area contributed by atoms with Crippen LogP contribution in [0.25, 0.3) is 11.0 Å². The third-order valence-electron chi connectivity index (χ3n) is 3.38. The minimum atomic E-state index is -1.21. The van der Waals surface area contributed by atoms with Crippen molar-refractivity contribution in [3.8, 4) is 0 Å². The van der Waals surface area contributed by atoms with E-state index in [1.165, 1.54) is 0 Å². The molecular weight excluding hydrogens is 268 g/mol. The average molecular weight is 284 g/mol. The third kappa shape index (κ3) is 2.08. The van der Waals surface area contributed by atoms with E-state index in [-0.39, 0.29) is 0 Å². The maximum atomic E-state index is 12.8. The van der Waals surface area contributed by atoms with E-state index in [0.717, 1.165) is 37.6 Å². The molecule has 0 radical (unpaired) electrons. The second-order valence-electron chi connectivity index (χ2n) is 5.03. The summed E-state index contributed by atoms with van der Waals surface area (Å²) >= 11 is 0. The number of hydrogen-bond acceptors (Lipinski definition) is 2. The first-order valence-corrected chi connectivity index (χ1v) is 7.70. The minimum absolute atomic E-state index is 0.732. The largest absolute Gasteiger partial charge is 0.460 e. The van der Waals surface area contributed by atoms with Gasteiger partial charge in [-0.25, -0.2) is 4.21 Å². The highest BCUT2D eigenvalue weighted by Crippen LogP contribution is 2.33. The molecule has 3 aromatic rings. The summed E-state index contributed by atoms with van der Waals surface area (Å²) in [4.78, 5) is 1.59. The van der Waals surface area contributed by atoms with E-state index >= 15 is 0 Å². The molecule has 0 N–H and O–H groups in total. The maximum Gasteiger partial charge on any atom is 0.138 e. The van der Waals surface area contributed by atoms with Gasteiger partial charge in [-0.2, -0.15) is 0 Å². The van der Waals surface area contributed by atoms with E-state index in [2.05, 4.69) is 12.1 Å². The number of aryl methyl sites for hydroxylation is 3. The Kier molecular flexibility index (Phi) is 3.22. The minimum Gasteiger partial charge on any atom is -0.460 e. The second kappa shape index (κ2) is 4.91. The number of hydrogen-bond donors (Lipinski definition) is 0. The molecule has 0 aliphatic heterocycles. The predicted octanol–water partition coefficient (Wildman–Crippen LogP) is 4.52. The lowest BCUT2D eigenvalue weighted by Gasteiger charge is -2.02. The van der Waals surface area contributed by atoms with Gasteiger partial charge in [0, 0.05) is 10.3 Å². The first-order chi connectivity index (χ1) is 9.58. The van der Waals surface area contributed by atoms with Crippen LogP contribution >= 0.6 is 0 Å². The molecule has 1 atom stereocenters. The van der Waals surface area contributed by atoms with Crippen molar-refractivity contribution < 1.29 is 8.63 Å². The van der Waals surface area contributed by atoms with E-state index in [4.69, 9.17) is 4.42 Å². The van der Waals surface area contributed by atoms with Gasteiger partial charge in [0.1, 0.15) is 11.3 Å². The summed E-state index contributed by atoms with van der Waals surface area (Å²) < 4.78 is 18.7. The molecule has 0 saturated carbocycles. The molecule has 0 fully saturated rings. The zero-order chi connectivity index (χ0) is 14.3. The zero-order valence-electron chi connectivity index (χ0n) is 11.8. The van der Waals surface area contributed by atoms with Gasteiger partial charge in [0.2, 0.25) is 0 Å². The summed E-state index contributed by atoms with van der Waals surface area (Å²) in [6.07, 6.45) is 0. The molecule has 0 aliphatic carbocycles. The van der Waals surface area contributed by atoms with Gasteiger partial charge in [-0.05, 0) is 50.1 Å². The molecule has 1 heterocycles. The Balaban J connectivity index is 2.26. The molecule has 0 spiro atoms. The molecule has 0 unspecified atom stereocenters. The quantitative estimate of drug-likeness (QED) is 0.692. The summed E-state index contributed by atoms with van der Waals surface area (Å²) in [5.41, 5.74) is 3.08. The molecule has 3 heteroatoms. The van der Waals surface area contributed by atoms with Crippen molar-refractivity contribution >= 4 is 21.8 Å². The fourth-order valence-electron chi connectivity index (χ4n) is 2.54. The molecule has 102 valence electrons. The summed E-state index contributed by atoms with van der Waals surface area (Å²) in [5, 5.41) is 0.960. The second-order valence-corrected chi connectivity index (χ2v) is 6.44. The van der Waals surface area contributed by atoms with Crippen molar-refractivity contribution in [1.82, 2.24) is 0 Å². The molecule has 0 aliphatic rings. The van der Waals surface area contributed by atoms with Gasteiger partial charge in [0.25, 0.3) is 0 Å². The van der Waals surface area contributed by atoms with E-state index < -0.39 is 10.8 Å². The normalized spacial score (nSPS) is 12.8. The van der Waals surface area contributed by atoms with Crippen LogP contribution in [0.1, 0.15) is 16.9 Å². The van der Waals surface area contributed by atoms with Gasteiger partial charge in [0.15, 0.2) is 0 Å². The van der Waals surface area contributed by atoms with Crippen molar-refractivity contribution in [2.24, 2.45) is 0 Å². The van der Waals surface area contributed by atoms with E-state index in [1.807, 2.05) is 51.1 Å². The first kappa shape index (κ1) is 13.1. The molecule has 3 rings (SSSR count). The van der Waals surface area contributed by atoms with Gasteiger partial charge in [-0.1, -0.05) is 24.3 Å². The molecule has 20 heavy (non-hydrogen) atoms. The maximum absolute atomic E-state index is 12.8. The molecule has 1 aromatic heterocycles. The van der Waals surface area contributed by atoms with Crippen molar-refractivity contribution in [2.75, 3.05) is 0 Å². The van der Waals surface area contributed by atoms with E-state index in [0.29, 0.717) is 0 Å². The molecule has 2 nitrogen and oxygen atoms in total. The SMILES string of the molecule is Cc1cc(C)c2oc(C)c([S@@](=O)c3ccccc3)c2c1. The Morgan fingerprint density at radius 2 is 1.70 bits per heavy atom. The van der Waals surface area contributed by atoms with Crippen LogP contribution in [0.2, 0.25) is 0 Å². The van der Waals surface area contributed by atoms with Crippen molar-refractivity contribution in [2.45, 2.75) is 30.6 Å². The Hall–Kier alpha value is -1.87. The molecule has 2 aromatic carbocycles. The Labute approximate surface area is 120 Å². The van der Waals surface area contributed by atoms with Crippen LogP contribution in [-0.4, -0.2) is 4.21 Å². The van der Waals surface area contributed by atoms with E-state index in [9.17, 15) is 4.21 Å². The fraction of sp³-hybridized carbons (Fsp3) is 0.176. The number of rotatable bonds is 2. The highest BCUT2D eigenvalue weighted by atomic mass is 32.2. The summed E-state index contributed by atoms with van der Waals surface area (Å²) in [7, 11) is -1.21. The molecular formula is C17H16O2S. The lowest BCUT2D eigenvalue weighted by atomic mass is 10.1. The molecule has 0 amide bonds. The molecule has 0 bridgehead atoms. The van der Waals surface area contributed by atoms with Gasteiger partial charge in [-0.15, -0.1) is 0 Å². The third-order valence-corrected chi connectivity index (χ3v) is 4.96. The van der Waals surface area contributed by atoms with Gasteiger partial charge in [0.05, 0.1) is 15.7 Å². The highest BCUT2D eigenvalue weighted by Gasteiger charge is 2.19. The number of fused-ring (bicyclic) bond motifs is 1. The predicted molar refractivity (Wildman–Crippen MR) is 81.5 cm³/mol. The van der Waals surface area contributed by atoms with Crippen LogP contribution in [0.15, 0.2) is 56.7 Å². The van der Waals surface area contributed by atoms with Crippen LogP contribution in [0, 0.1) is 20.8 Å². The Morgan fingerprint density at radius 1 is 1.00 bits per heavy atom. The molecule has 0 saturated heterocycles. The van der Waals surface area contributed by atoms with Crippen molar-refractivity contribution in [3.05, 3.63) is 59.4 Å². The van der Waals surface area contributed by atoms with Gasteiger partial charge < -0.3 is 4.42 Å². The summed E-state index contributed by atoms with van der Waals surface area (Å²) in [5.74, 6) is 0.732. The summed E-state index contributed by atoms with van der Waals surface area (Å²) in [6, 6.07) is 13.6. The first-order valence-electron chi connectivity index (χ1n) is 6.55. The van der Waals surface area contributed by atoms with Crippen LogP contribution in [-0.2, 0) is 10.8 Å². The van der Waals surface area contributed by atoms with Crippen LogP contribution < -0.4 is 0 Å². The zero-order valence-corrected chi connectivity index (χ0v) is 12.6.